The van der Waals surface area contributed by atoms with Crippen molar-refractivity contribution >= 4 is 65.0 Å². The van der Waals surface area contributed by atoms with E-state index in [1.807, 2.05) is 0 Å². The molecule has 0 aliphatic carbocycles. The summed E-state index contributed by atoms with van der Waals surface area (Å²) in [5.41, 5.74) is -1.66. The van der Waals surface area contributed by atoms with Crippen LogP contribution in [0, 0.1) is 11.8 Å². The first kappa shape index (κ1) is 60.4. The van der Waals surface area contributed by atoms with Gasteiger partial charge in [0.15, 0.2) is 0 Å². The fraction of sp³-hybridized carbons (Fsp3) is 0.766. The number of likely N-dealkylation sites (tertiary alicyclic amines) is 1. The Kier molecular flexibility index (Phi) is 25.4. The third-order valence-corrected chi connectivity index (χ3v) is 10.3. The number of hydrogen-bond donors (Lipinski definition) is 6. The van der Waals surface area contributed by atoms with E-state index in [9.17, 15) is 52.7 Å². The summed E-state index contributed by atoms with van der Waals surface area (Å²) in [7, 11) is 0. The largest absolute Gasteiger partial charge is 0.466 e. The Hall–Kier alpha value is -5.63. The maximum Gasteiger partial charge on any atom is 0.306 e. The number of Topliss-reactive ketones (excluding diaryl/α,β-unsaturated/α-hetero) is 1. The third-order valence-electron chi connectivity index (χ3n) is 10.3. The number of carbonyl (C=O) groups excluding carboxylic acids is 11. The van der Waals surface area contributed by atoms with Gasteiger partial charge in [-0.2, -0.15) is 0 Å². The summed E-state index contributed by atoms with van der Waals surface area (Å²) in [6.45, 7) is 21.7. The van der Waals surface area contributed by atoms with Gasteiger partial charge in [0.25, 0.3) is 5.91 Å². The first-order chi connectivity index (χ1) is 31.5. The molecule has 386 valence electrons. The number of nitrogens with zero attached hydrogens (tertiary/aromatic N) is 1. The van der Waals surface area contributed by atoms with Gasteiger partial charge in [0.2, 0.25) is 41.2 Å². The first-order valence-corrected chi connectivity index (χ1v) is 23.7. The number of esters is 3. The summed E-state index contributed by atoms with van der Waals surface area (Å²) in [5, 5.41) is 15.6. The van der Waals surface area contributed by atoms with Gasteiger partial charge in [0.1, 0.15) is 41.4 Å². The minimum absolute atomic E-state index is 0.0368. The maximum atomic E-state index is 14.3. The number of ketones is 1. The van der Waals surface area contributed by atoms with Gasteiger partial charge in [-0.3, -0.25) is 52.7 Å². The molecular weight excluding hydrogens is 887 g/mol. The van der Waals surface area contributed by atoms with Crippen molar-refractivity contribution in [3.05, 3.63) is 0 Å². The molecule has 0 aromatic rings. The van der Waals surface area contributed by atoms with Crippen LogP contribution in [0.5, 0.6) is 0 Å². The van der Waals surface area contributed by atoms with Crippen molar-refractivity contribution in [3.8, 4) is 0 Å². The van der Waals surface area contributed by atoms with Crippen molar-refractivity contribution in [1.29, 1.82) is 0 Å². The van der Waals surface area contributed by atoms with E-state index in [0.717, 1.165) is 0 Å². The smallest absolute Gasteiger partial charge is 0.306 e. The second-order valence-corrected chi connectivity index (χ2v) is 19.6. The topological polar surface area (TPSA) is 291 Å². The van der Waals surface area contributed by atoms with Crippen molar-refractivity contribution in [1.82, 2.24) is 36.8 Å². The number of amides is 7. The van der Waals surface area contributed by atoms with E-state index in [0.29, 0.717) is 12.8 Å². The number of rotatable bonds is 27. The normalized spacial score (nSPS) is 16.0. The van der Waals surface area contributed by atoms with Crippen molar-refractivity contribution in [3.63, 3.8) is 0 Å². The number of ether oxygens (including phenoxy) is 3. The van der Waals surface area contributed by atoms with Crippen LogP contribution >= 0.6 is 0 Å². The minimum Gasteiger partial charge on any atom is -0.466 e. The fourth-order valence-electron chi connectivity index (χ4n) is 7.13. The molecule has 21 heteroatoms. The molecule has 1 rings (SSSR count). The van der Waals surface area contributed by atoms with Crippen LogP contribution in [0.3, 0.4) is 0 Å². The van der Waals surface area contributed by atoms with Gasteiger partial charge in [-0.05, 0) is 98.8 Å². The molecule has 68 heavy (non-hydrogen) atoms. The molecule has 1 aliphatic rings. The zero-order valence-electron chi connectivity index (χ0n) is 42.5. The molecule has 21 nitrogen and oxygen atoms in total. The van der Waals surface area contributed by atoms with Gasteiger partial charge in [0, 0.05) is 39.3 Å². The van der Waals surface area contributed by atoms with Crippen LogP contribution in [-0.2, 0) is 67.0 Å². The monoisotopic (exact) mass is 966 g/mol. The molecule has 0 aromatic carbocycles. The molecule has 1 saturated heterocycles. The predicted molar refractivity (Wildman–Crippen MR) is 249 cm³/mol. The highest BCUT2D eigenvalue weighted by Crippen LogP contribution is 2.22. The lowest BCUT2D eigenvalue weighted by Crippen LogP contribution is -2.61. The number of hydrogen-bond acceptors (Lipinski definition) is 14. The van der Waals surface area contributed by atoms with Crippen LogP contribution in [0.2, 0.25) is 0 Å². The van der Waals surface area contributed by atoms with E-state index in [2.05, 4.69) is 31.9 Å². The quantitative estimate of drug-likeness (QED) is 0.0297. The molecule has 0 aromatic heterocycles. The highest BCUT2D eigenvalue weighted by atomic mass is 16.6. The van der Waals surface area contributed by atoms with E-state index in [1.54, 1.807) is 83.1 Å². The van der Waals surface area contributed by atoms with Gasteiger partial charge in [-0.1, -0.05) is 41.0 Å². The Bertz CT molecular complexity index is 1790. The van der Waals surface area contributed by atoms with Gasteiger partial charge in [0.05, 0.1) is 12.6 Å². The van der Waals surface area contributed by atoms with Gasteiger partial charge < -0.3 is 51.0 Å². The maximum absolute atomic E-state index is 14.3. The zero-order chi connectivity index (χ0) is 52.1. The molecule has 0 unspecified atom stereocenters. The Morgan fingerprint density at radius 1 is 0.618 bits per heavy atom. The second kappa shape index (κ2) is 28.6. The fourth-order valence-corrected chi connectivity index (χ4v) is 7.13. The Morgan fingerprint density at radius 3 is 1.62 bits per heavy atom. The summed E-state index contributed by atoms with van der Waals surface area (Å²) < 4.78 is 15.6. The van der Waals surface area contributed by atoms with Gasteiger partial charge in [-0.25, -0.2) is 0 Å². The highest BCUT2D eigenvalue weighted by Gasteiger charge is 2.41. The van der Waals surface area contributed by atoms with Gasteiger partial charge >= 0.3 is 17.9 Å². The van der Waals surface area contributed by atoms with Gasteiger partial charge in [-0.15, -0.1) is 0 Å². The third kappa shape index (κ3) is 22.4. The Balaban J connectivity index is 3.29. The molecule has 6 N–H and O–H groups in total. The average Bonchev–Trinajstić information content (AvgIpc) is 3.71. The lowest BCUT2D eigenvalue weighted by molar-refractivity contribution is -0.156. The average molecular weight is 966 g/mol. The van der Waals surface area contributed by atoms with E-state index in [1.165, 1.54) is 11.8 Å². The molecule has 0 bridgehead atoms. The van der Waals surface area contributed by atoms with Crippen LogP contribution < -0.4 is 31.9 Å². The predicted octanol–water partition coefficient (Wildman–Crippen LogP) is 1.81. The van der Waals surface area contributed by atoms with Crippen LogP contribution in [0.15, 0.2) is 0 Å². The molecule has 0 spiro atoms. The SMILES string of the molecule is CCC[C@H](NC(=O)[C@@H]1CCCN1C(=O)[C@@H](NC(=O)[C@@H](NC(=O)[C@H](CCC(=O)OC(C)(C)C)NC(=O)[C@H](CCC(=O)OC(C)(C)C)NC(C)=O)C(C)C)C(C)C)C(=O)C(=O)NCCCC(=O)OCC. The molecule has 0 radical (unpaired) electrons. The van der Waals surface area contributed by atoms with E-state index < -0.39 is 124 Å². The van der Waals surface area contributed by atoms with Crippen LogP contribution in [0.4, 0.5) is 0 Å². The minimum atomic E-state index is -1.45. The highest BCUT2D eigenvalue weighted by molar-refractivity contribution is 6.38. The van der Waals surface area contributed by atoms with Crippen molar-refractivity contribution in [2.75, 3.05) is 19.7 Å². The molecule has 1 aliphatic heterocycles. The lowest BCUT2D eigenvalue weighted by Gasteiger charge is -2.33. The summed E-state index contributed by atoms with van der Waals surface area (Å²) in [5.74, 6) is -8.93. The molecule has 1 fully saturated rings. The Labute approximate surface area is 401 Å². The molecular formula is C47H79N7O14. The Morgan fingerprint density at radius 2 is 1.13 bits per heavy atom. The van der Waals surface area contributed by atoms with E-state index in [4.69, 9.17) is 14.2 Å². The standard InChI is InChI=1S/C47H79N7O14/c1-14-18-30(39(59)44(64)48-25-16-20-34(56)66-15-2)50-42(62)33-19-17-26-54(33)45(65)38(28(5)6)53-43(63)37(27(3)4)52-41(61)32(22-24-36(58)68-47(11,12)13)51-40(60)31(49-29(7)55)21-23-35(57)67-46(8,9)10/h27-28,30-33,37-38H,14-26H2,1-13H3,(H,48,64)(H,49,55)(H,50,62)(H,51,60)(H,52,61)(H,53,63)/t30-,31-,32-,33-,37-,38-/m0/s1. The molecule has 7 amide bonds. The molecule has 0 saturated carbocycles. The number of nitrogens with one attached hydrogen (secondary N) is 6. The van der Waals surface area contributed by atoms with Crippen molar-refractivity contribution in [2.24, 2.45) is 11.8 Å². The summed E-state index contributed by atoms with van der Waals surface area (Å²) in [6, 6.07) is -7.41. The van der Waals surface area contributed by atoms with Crippen LogP contribution in [0.1, 0.15) is 154 Å². The van der Waals surface area contributed by atoms with Crippen molar-refractivity contribution in [2.45, 2.75) is 202 Å². The summed E-state index contributed by atoms with van der Waals surface area (Å²) >= 11 is 0. The van der Waals surface area contributed by atoms with E-state index >= 15 is 0 Å². The lowest BCUT2D eigenvalue weighted by atomic mass is 9.98. The summed E-state index contributed by atoms with van der Waals surface area (Å²) in [4.78, 5) is 146. The van der Waals surface area contributed by atoms with Crippen LogP contribution in [0.25, 0.3) is 0 Å². The summed E-state index contributed by atoms with van der Waals surface area (Å²) in [6.07, 6.45) is 0.513. The first-order valence-electron chi connectivity index (χ1n) is 23.7. The second-order valence-electron chi connectivity index (χ2n) is 19.6. The van der Waals surface area contributed by atoms with E-state index in [-0.39, 0.29) is 71.1 Å². The van der Waals surface area contributed by atoms with Crippen molar-refractivity contribution < 1.29 is 67.0 Å². The zero-order valence-corrected chi connectivity index (χ0v) is 42.5. The van der Waals surface area contributed by atoms with Crippen LogP contribution in [-0.4, -0.2) is 137 Å². The molecule has 6 atom stereocenters. The molecule has 1 heterocycles. The number of carbonyl (C=O) groups is 11.